The Morgan fingerprint density at radius 2 is 1.56 bits per heavy atom. The van der Waals surface area contributed by atoms with Gasteiger partial charge >= 0.3 is 0 Å². The summed E-state index contributed by atoms with van der Waals surface area (Å²) in [6.07, 6.45) is 0. The van der Waals surface area contributed by atoms with Crippen molar-refractivity contribution in [2.45, 2.75) is 23.3 Å². The Kier molecular flexibility index (Phi) is 7.72. The molecule has 0 atom stereocenters. The van der Waals surface area contributed by atoms with Gasteiger partial charge in [-0.3, -0.25) is 13.9 Å². The molecule has 0 unspecified atom stereocenters. The van der Waals surface area contributed by atoms with E-state index < -0.39 is 41.7 Å². The molecule has 5 rings (SSSR count). The fraction of sp³-hybridized carbons (Fsp3) is 0.0690. The second kappa shape index (κ2) is 11.2. The Bertz CT molecular complexity index is 2180. The molecule has 43 heavy (non-hydrogen) atoms. The first-order valence-corrected chi connectivity index (χ1v) is 15.5. The summed E-state index contributed by atoms with van der Waals surface area (Å²) in [5.74, 6) is -1.16. The average molecular weight is 621 g/mol. The number of nitrogens with one attached hydrogen (secondary N) is 1. The number of amides is 1. The maximum Gasteiger partial charge on any atom is 0.297 e. The van der Waals surface area contributed by atoms with Gasteiger partial charge in [-0.05, 0) is 59.8 Å². The van der Waals surface area contributed by atoms with Crippen LogP contribution in [0, 0.1) is 6.92 Å². The number of aryl methyl sites for hydroxylation is 1. The summed E-state index contributed by atoms with van der Waals surface area (Å²) < 4.78 is 69.1. The molecule has 0 aliphatic heterocycles. The van der Waals surface area contributed by atoms with E-state index in [1.54, 1.807) is 48.5 Å². The van der Waals surface area contributed by atoms with Gasteiger partial charge in [0, 0.05) is 22.9 Å². The molecule has 0 saturated carbocycles. The average Bonchev–Trinajstić information content (AvgIpc) is 2.95. The molecule has 0 saturated heterocycles. The number of hydrogen-bond donors (Lipinski definition) is 5. The third-order valence-electron chi connectivity index (χ3n) is 6.78. The molecule has 0 fully saturated rings. The summed E-state index contributed by atoms with van der Waals surface area (Å²) in [7, 11) is -9.57. The van der Waals surface area contributed by atoms with Crippen LogP contribution < -0.4 is 11.1 Å². The molecule has 5 aromatic carbocycles. The molecule has 5 aromatic rings. The summed E-state index contributed by atoms with van der Waals surface area (Å²) >= 11 is 0. The van der Waals surface area contributed by atoms with Crippen LogP contribution in [0.5, 0.6) is 5.75 Å². The lowest BCUT2D eigenvalue weighted by Gasteiger charge is -2.15. The number of phenols is 1. The molecule has 12 nitrogen and oxygen atoms in total. The van der Waals surface area contributed by atoms with E-state index in [1.807, 2.05) is 0 Å². The van der Waals surface area contributed by atoms with E-state index in [2.05, 4.69) is 15.5 Å². The highest BCUT2D eigenvalue weighted by atomic mass is 32.2. The first-order valence-electron chi connectivity index (χ1n) is 12.6. The summed E-state index contributed by atoms with van der Waals surface area (Å²) in [5.41, 5.74) is 6.47. The maximum atomic E-state index is 12.9. The van der Waals surface area contributed by atoms with Crippen molar-refractivity contribution in [2.75, 3.05) is 5.32 Å². The summed E-state index contributed by atoms with van der Waals surface area (Å²) in [4.78, 5) is 11.9. The van der Waals surface area contributed by atoms with Crippen molar-refractivity contribution < 1.29 is 35.8 Å². The molecular formula is C29H24N4O8S2. The van der Waals surface area contributed by atoms with Crippen LogP contribution in [-0.4, -0.2) is 37.0 Å². The van der Waals surface area contributed by atoms with Crippen LogP contribution in [0.3, 0.4) is 0 Å². The molecule has 220 valence electrons. The molecule has 0 aliphatic rings. The van der Waals surface area contributed by atoms with Gasteiger partial charge in [0.1, 0.15) is 21.2 Å². The fourth-order valence-electron chi connectivity index (χ4n) is 4.84. The molecule has 0 heterocycles. The first-order chi connectivity index (χ1) is 20.3. The second-order valence-corrected chi connectivity index (χ2v) is 12.3. The number of phenolic OH excluding ortho intramolecular Hbond substituents is 1. The number of nitrogens with two attached hydrogens (primary N) is 1. The van der Waals surface area contributed by atoms with Gasteiger partial charge in [0.2, 0.25) is 0 Å². The minimum Gasteiger partial charge on any atom is -0.505 e. The number of benzene rings is 5. The van der Waals surface area contributed by atoms with E-state index in [1.165, 1.54) is 31.2 Å². The standard InChI is InChI=1S/C29H24N4O8S2/c1-16-14-21-24(42(36,37)38)13-12-22(31-29(35)17-6-3-2-4-7-17)25(21)27(34)26(16)33-32-23-11-10-19-18(15-30)8-5-9-20(19)28(23)43(39,40)41/h2-14,34H,15,30H2,1H3,(H,31,35)(H,36,37,38)(H,39,40,41). The van der Waals surface area contributed by atoms with E-state index in [9.17, 15) is 35.8 Å². The number of rotatable bonds is 7. The van der Waals surface area contributed by atoms with Gasteiger partial charge in [0.25, 0.3) is 26.1 Å². The van der Waals surface area contributed by atoms with E-state index in [-0.39, 0.29) is 50.9 Å². The maximum absolute atomic E-state index is 12.9. The predicted molar refractivity (Wildman–Crippen MR) is 160 cm³/mol. The summed E-state index contributed by atoms with van der Waals surface area (Å²) in [5, 5.41) is 22.5. The monoisotopic (exact) mass is 620 g/mol. The van der Waals surface area contributed by atoms with Gasteiger partial charge in [-0.2, -0.15) is 16.8 Å². The van der Waals surface area contributed by atoms with Gasteiger partial charge < -0.3 is 16.2 Å². The number of carbonyl (C=O) groups is 1. The van der Waals surface area contributed by atoms with E-state index in [4.69, 9.17) is 5.73 Å². The van der Waals surface area contributed by atoms with Gasteiger partial charge in [-0.1, -0.05) is 42.5 Å². The number of carbonyl (C=O) groups excluding carboxylic acids is 1. The van der Waals surface area contributed by atoms with Crippen LogP contribution in [0.15, 0.2) is 98.9 Å². The van der Waals surface area contributed by atoms with Crippen LogP contribution in [0.4, 0.5) is 17.1 Å². The van der Waals surface area contributed by atoms with Crippen LogP contribution in [0.1, 0.15) is 21.5 Å². The SMILES string of the molecule is Cc1cc2c(S(=O)(=O)O)ccc(NC(=O)c3ccccc3)c2c(O)c1N=Nc1ccc2c(CN)cccc2c1S(=O)(=O)O. The van der Waals surface area contributed by atoms with Crippen LogP contribution >= 0.6 is 0 Å². The highest BCUT2D eigenvalue weighted by Gasteiger charge is 2.24. The molecular weight excluding hydrogens is 596 g/mol. The van der Waals surface area contributed by atoms with Crippen molar-refractivity contribution in [3.8, 4) is 5.75 Å². The van der Waals surface area contributed by atoms with Crippen LogP contribution in [0.25, 0.3) is 21.5 Å². The number of aromatic hydroxyl groups is 1. The van der Waals surface area contributed by atoms with Gasteiger partial charge in [-0.25, -0.2) is 0 Å². The normalized spacial score (nSPS) is 12.3. The third-order valence-corrected chi connectivity index (χ3v) is 8.64. The zero-order valence-electron chi connectivity index (χ0n) is 22.4. The van der Waals surface area contributed by atoms with Gasteiger partial charge in [0.15, 0.2) is 5.75 Å². The van der Waals surface area contributed by atoms with Crippen molar-refractivity contribution in [2.24, 2.45) is 16.0 Å². The Morgan fingerprint density at radius 3 is 2.21 bits per heavy atom. The van der Waals surface area contributed by atoms with Crippen molar-refractivity contribution in [1.29, 1.82) is 0 Å². The highest BCUT2D eigenvalue weighted by molar-refractivity contribution is 7.86. The smallest absolute Gasteiger partial charge is 0.297 e. The largest absolute Gasteiger partial charge is 0.505 e. The topological polar surface area (TPSA) is 209 Å². The first kappa shape index (κ1) is 29.8. The Labute approximate surface area is 246 Å². The number of anilines is 1. The van der Waals surface area contributed by atoms with E-state index in [0.717, 1.165) is 6.07 Å². The van der Waals surface area contributed by atoms with Crippen molar-refractivity contribution in [1.82, 2.24) is 0 Å². The van der Waals surface area contributed by atoms with E-state index in [0.29, 0.717) is 10.9 Å². The number of hydrogen-bond acceptors (Lipinski definition) is 9. The molecule has 14 heteroatoms. The fourth-order valence-corrected chi connectivity index (χ4v) is 6.35. The lowest BCUT2D eigenvalue weighted by atomic mass is 10.0. The Hall–Kier alpha value is -4.73. The molecule has 1 amide bonds. The van der Waals surface area contributed by atoms with Crippen molar-refractivity contribution in [3.05, 3.63) is 95.6 Å². The Balaban J connectivity index is 1.72. The molecule has 0 aliphatic carbocycles. The molecule has 0 spiro atoms. The summed E-state index contributed by atoms with van der Waals surface area (Å²) in [6.45, 7) is 1.59. The lowest BCUT2D eigenvalue weighted by molar-refractivity contribution is 0.102. The molecule has 0 aromatic heterocycles. The predicted octanol–water partition coefficient (Wildman–Crippen LogP) is 5.63. The highest BCUT2D eigenvalue weighted by Crippen LogP contribution is 2.45. The third kappa shape index (κ3) is 5.69. The zero-order chi connectivity index (χ0) is 31.1. The summed E-state index contributed by atoms with van der Waals surface area (Å²) in [6, 6.07) is 19.4. The van der Waals surface area contributed by atoms with Crippen molar-refractivity contribution in [3.63, 3.8) is 0 Å². The number of fused-ring (bicyclic) bond motifs is 2. The van der Waals surface area contributed by atoms with Crippen molar-refractivity contribution >= 4 is 64.8 Å². The molecule has 6 N–H and O–H groups in total. The minimum atomic E-state index is -4.81. The van der Waals surface area contributed by atoms with E-state index >= 15 is 0 Å². The quantitative estimate of drug-likeness (QED) is 0.113. The minimum absolute atomic E-state index is 0.00356. The second-order valence-electron chi connectivity index (χ2n) is 9.52. The number of azo groups is 1. The van der Waals surface area contributed by atoms with Crippen LogP contribution in [-0.2, 0) is 26.8 Å². The molecule has 0 bridgehead atoms. The number of nitrogens with zero attached hydrogens (tertiary/aromatic N) is 2. The molecule has 0 radical (unpaired) electrons. The lowest BCUT2D eigenvalue weighted by Crippen LogP contribution is -2.12. The van der Waals surface area contributed by atoms with Gasteiger partial charge in [-0.15, -0.1) is 10.2 Å². The Morgan fingerprint density at radius 1 is 0.837 bits per heavy atom. The van der Waals surface area contributed by atoms with Gasteiger partial charge in [0.05, 0.1) is 11.1 Å². The zero-order valence-corrected chi connectivity index (χ0v) is 24.0. The van der Waals surface area contributed by atoms with Crippen LogP contribution in [0.2, 0.25) is 0 Å².